The van der Waals surface area contributed by atoms with Crippen molar-refractivity contribution in [3.8, 4) is 17.1 Å². The third kappa shape index (κ3) is 2.88. The Labute approximate surface area is 99.0 Å². The SMILES string of the molecule is O=Cc1ncc(-c2cccc(OC(F)(F)F)c2)o1. The normalized spacial score (nSPS) is 11.3. The second-order valence-corrected chi connectivity index (χ2v) is 3.26. The van der Waals surface area contributed by atoms with Gasteiger partial charge < -0.3 is 9.15 Å². The lowest BCUT2D eigenvalue weighted by Crippen LogP contribution is -2.17. The molecular formula is C11H6F3NO3. The van der Waals surface area contributed by atoms with Crippen molar-refractivity contribution in [1.29, 1.82) is 0 Å². The van der Waals surface area contributed by atoms with E-state index in [9.17, 15) is 18.0 Å². The highest BCUT2D eigenvalue weighted by Gasteiger charge is 2.31. The van der Waals surface area contributed by atoms with Gasteiger partial charge in [0.2, 0.25) is 6.29 Å². The van der Waals surface area contributed by atoms with Gasteiger partial charge in [0.1, 0.15) is 5.75 Å². The first-order valence-corrected chi connectivity index (χ1v) is 4.75. The average Bonchev–Trinajstić information content (AvgIpc) is 2.75. The highest BCUT2D eigenvalue weighted by atomic mass is 19.4. The van der Waals surface area contributed by atoms with E-state index in [4.69, 9.17) is 4.42 Å². The van der Waals surface area contributed by atoms with Gasteiger partial charge in [0.15, 0.2) is 5.76 Å². The molecule has 0 N–H and O–H groups in total. The third-order valence-electron chi connectivity index (χ3n) is 1.98. The molecule has 1 aromatic carbocycles. The number of halogens is 3. The summed E-state index contributed by atoms with van der Waals surface area (Å²) in [7, 11) is 0. The van der Waals surface area contributed by atoms with Gasteiger partial charge in [0.05, 0.1) is 6.20 Å². The predicted octanol–water partition coefficient (Wildman–Crippen LogP) is 3.05. The van der Waals surface area contributed by atoms with Crippen LogP contribution in [0.1, 0.15) is 10.7 Å². The molecule has 0 saturated carbocycles. The number of rotatable bonds is 3. The quantitative estimate of drug-likeness (QED) is 0.793. The van der Waals surface area contributed by atoms with E-state index in [0.29, 0.717) is 11.8 Å². The summed E-state index contributed by atoms with van der Waals surface area (Å²) in [6.45, 7) is 0. The van der Waals surface area contributed by atoms with Crippen molar-refractivity contribution < 1.29 is 27.1 Å². The number of aldehydes is 1. The summed E-state index contributed by atoms with van der Waals surface area (Å²) in [5.74, 6) is -0.332. The van der Waals surface area contributed by atoms with E-state index < -0.39 is 6.36 Å². The number of alkyl halides is 3. The lowest BCUT2D eigenvalue weighted by molar-refractivity contribution is -0.274. The Balaban J connectivity index is 2.29. The molecule has 94 valence electrons. The molecule has 0 amide bonds. The number of hydrogen-bond donors (Lipinski definition) is 0. The van der Waals surface area contributed by atoms with Gasteiger partial charge in [-0.1, -0.05) is 12.1 Å². The number of hydrogen-bond acceptors (Lipinski definition) is 4. The van der Waals surface area contributed by atoms with E-state index in [0.717, 1.165) is 12.1 Å². The lowest BCUT2D eigenvalue weighted by atomic mass is 10.2. The molecule has 2 rings (SSSR count). The summed E-state index contributed by atoms with van der Waals surface area (Å²) in [5.41, 5.74) is 0.331. The van der Waals surface area contributed by atoms with Crippen LogP contribution in [0.15, 0.2) is 34.9 Å². The van der Waals surface area contributed by atoms with Crippen LogP contribution in [0.25, 0.3) is 11.3 Å². The van der Waals surface area contributed by atoms with E-state index in [1.54, 1.807) is 0 Å². The van der Waals surface area contributed by atoms with Crippen molar-refractivity contribution in [3.63, 3.8) is 0 Å². The monoisotopic (exact) mass is 257 g/mol. The molecule has 0 saturated heterocycles. The maximum Gasteiger partial charge on any atom is 0.573 e. The van der Waals surface area contributed by atoms with Crippen LogP contribution in [0.2, 0.25) is 0 Å². The van der Waals surface area contributed by atoms with Gasteiger partial charge in [0.25, 0.3) is 5.89 Å². The molecule has 0 atom stereocenters. The van der Waals surface area contributed by atoms with Gasteiger partial charge in [-0.15, -0.1) is 13.2 Å². The Bertz CT molecular complexity index is 563. The summed E-state index contributed by atoms with van der Waals surface area (Å²) in [5, 5.41) is 0. The minimum absolute atomic E-state index is 0.146. The molecule has 0 spiro atoms. The minimum atomic E-state index is -4.76. The molecule has 7 heteroatoms. The average molecular weight is 257 g/mol. The van der Waals surface area contributed by atoms with Crippen LogP contribution in [0.5, 0.6) is 5.75 Å². The Morgan fingerprint density at radius 2 is 2.11 bits per heavy atom. The van der Waals surface area contributed by atoms with Crippen LogP contribution in [0, 0.1) is 0 Å². The van der Waals surface area contributed by atoms with Gasteiger partial charge in [-0.3, -0.25) is 4.79 Å². The van der Waals surface area contributed by atoms with Crippen LogP contribution in [-0.4, -0.2) is 17.6 Å². The summed E-state index contributed by atoms with van der Waals surface area (Å²) >= 11 is 0. The molecular weight excluding hydrogens is 251 g/mol. The van der Waals surface area contributed by atoms with Crippen molar-refractivity contribution in [1.82, 2.24) is 4.98 Å². The first-order valence-electron chi connectivity index (χ1n) is 4.75. The predicted molar refractivity (Wildman–Crippen MR) is 54.0 cm³/mol. The second kappa shape index (κ2) is 4.52. The number of ether oxygens (including phenoxy) is 1. The zero-order chi connectivity index (χ0) is 13.2. The fourth-order valence-electron chi connectivity index (χ4n) is 1.32. The van der Waals surface area contributed by atoms with Crippen LogP contribution in [0.4, 0.5) is 13.2 Å². The maximum atomic E-state index is 12.0. The fraction of sp³-hybridized carbons (Fsp3) is 0.0909. The Morgan fingerprint density at radius 3 is 2.72 bits per heavy atom. The fourth-order valence-corrected chi connectivity index (χ4v) is 1.32. The van der Waals surface area contributed by atoms with Gasteiger partial charge in [0, 0.05) is 5.56 Å². The molecule has 0 fully saturated rings. The largest absolute Gasteiger partial charge is 0.573 e. The highest BCUT2D eigenvalue weighted by molar-refractivity contribution is 5.69. The molecule has 2 aromatic rings. The Kier molecular flexibility index (Phi) is 3.05. The summed E-state index contributed by atoms with van der Waals surface area (Å²) in [6.07, 6.45) is -3.11. The standard InChI is InChI=1S/C11H6F3NO3/c12-11(13,14)18-8-3-1-2-7(4-8)9-5-15-10(6-16)17-9/h1-6H. The molecule has 0 bridgehead atoms. The highest BCUT2D eigenvalue weighted by Crippen LogP contribution is 2.28. The molecule has 1 aromatic heterocycles. The zero-order valence-electron chi connectivity index (χ0n) is 8.77. The molecule has 0 unspecified atom stereocenters. The van der Waals surface area contributed by atoms with Crippen molar-refractivity contribution in [2.45, 2.75) is 6.36 Å². The van der Waals surface area contributed by atoms with Crippen LogP contribution >= 0.6 is 0 Å². The van der Waals surface area contributed by atoms with E-state index in [1.807, 2.05) is 0 Å². The van der Waals surface area contributed by atoms with E-state index in [2.05, 4.69) is 9.72 Å². The number of aromatic nitrogens is 1. The molecule has 1 heterocycles. The molecule has 4 nitrogen and oxygen atoms in total. The van der Waals surface area contributed by atoms with Crippen molar-refractivity contribution in [2.75, 3.05) is 0 Å². The van der Waals surface area contributed by atoms with Gasteiger partial charge >= 0.3 is 6.36 Å². The molecule has 0 aliphatic carbocycles. The molecule has 0 radical (unpaired) electrons. The number of carbonyl (C=O) groups excluding carboxylic acids is 1. The number of carbonyl (C=O) groups is 1. The Hall–Kier alpha value is -2.31. The topological polar surface area (TPSA) is 52.3 Å². The van der Waals surface area contributed by atoms with E-state index in [1.165, 1.54) is 18.3 Å². The first-order chi connectivity index (χ1) is 8.48. The first kappa shape index (κ1) is 12.2. The molecule has 0 aliphatic rings. The van der Waals surface area contributed by atoms with Crippen molar-refractivity contribution in [3.05, 3.63) is 36.4 Å². The Morgan fingerprint density at radius 1 is 1.33 bits per heavy atom. The minimum Gasteiger partial charge on any atom is -0.434 e. The summed E-state index contributed by atoms with van der Waals surface area (Å²) in [6, 6.07) is 5.19. The van der Waals surface area contributed by atoms with Crippen LogP contribution in [0.3, 0.4) is 0 Å². The van der Waals surface area contributed by atoms with Gasteiger partial charge in [-0.25, -0.2) is 4.98 Å². The lowest BCUT2D eigenvalue weighted by Gasteiger charge is -2.09. The van der Waals surface area contributed by atoms with Gasteiger partial charge in [-0.2, -0.15) is 0 Å². The molecule has 0 aliphatic heterocycles. The summed E-state index contributed by atoms with van der Waals surface area (Å²) < 4.78 is 44.8. The van der Waals surface area contributed by atoms with Gasteiger partial charge in [-0.05, 0) is 12.1 Å². The maximum absolute atomic E-state index is 12.0. The number of oxazole rings is 1. The smallest absolute Gasteiger partial charge is 0.434 e. The van der Waals surface area contributed by atoms with Crippen molar-refractivity contribution in [2.24, 2.45) is 0 Å². The van der Waals surface area contributed by atoms with E-state index >= 15 is 0 Å². The van der Waals surface area contributed by atoms with Crippen LogP contribution < -0.4 is 4.74 Å². The number of benzene rings is 1. The zero-order valence-corrected chi connectivity index (χ0v) is 8.77. The van der Waals surface area contributed by atoms with Crippen molar-refractivity contribution >= 4 is 6.29 Å². The number of nitrogens with zero attached hydrogens (tertiary/aromatic N) is 1. The molecule has 18 heavy (non-hydrogen) atoms. The second-order valence-electron chi connectivity index (χ2n) is 3.26. The van der Waals surface area contributed by atoms with E-state index in [-0.39, 0.29) is 17.4 Å². The summed E-state index contributed by atoms with van der Waals surface area (Å²) in [4.78, 5) is 14.0. The third-order valence-corrected chi connectivity index (χ3v) is 1.98. The van der Waals surface area contributed by atoms with Crippen LogP contribution in [-0.2, 0) is 0 Å².